The van der Waals surface area contributed by atoms with Crippen molar-refractivity contribution in [1.29, 1.82) is 0 Å². The fraction of sp³-hybridized carbons (Fsp3) is 0.765. The summed E-state index contributed by atoms with van der Waals surface area (Å²) in [5, 5.41) is 21.4. The van der Waals surface area contributed by atoms with Crippen LogP contribution in [0.2, 0.25) is 0 Å². The van der Waals surface area contributed by atoms with E-state index in [1.807, 2.05) is 6.07 Å². The van der Waals surface area contributed by atoms with Gasteiger partial charge in [-0.3, -0.25) is 9.59 Å². The van der Waals surface area contributed by atoms with Crippen molar-refractivity contribution in [1.82, 2.24) is 4.90 Å². The van der Waals surface area contributed by atoms with E-state index in [1.54, 1.807) is 31.1 Å². The summed E-state index contributed by atoms with van der Waals surface area (Å²) in [7, 11) is 3.49. The molecule has 4 aliphatic carbocycles. The molecule has 0 aliphatic heterocycles. The Morgan fingerprint density at radius 2 is 1.82 bits per heavy atom. The first kappa shape index (κ1) is 29.4. The summed E-state index contributed by atoms with van der Waals surface area (Å²) in [4.78, 5) is 25.6. The van der Waals surface area contributed by atoms with Gasteiger partial charge in [-0.05, 0) is 122 Å². The molecule has 0 spiro atoms. The second-order valence-electron chi connectivity index (χ2n) is 14.3. The van der Waals surface area contributed by atoms with Crippen LogP contribution in [0.15, 0.2) is 18.2 Å². The Bertz CT molecular complexity index is 1090. The third-order valence-corrected chi connectivity index (χ3v) is 12.1. The summed E-state index contributed by atoms with van der Waals surface area (Å²) in [5.41, 5.74) is 1.38. The third kappa shape index (κ3) is 5.67. The van der Waals surface area contributed by atoms with E-state index in [-0.39, 0.29) is 11.7 Å². The average Bonchev–Trinajstić information content (AvgIpc) is 3.25. The van der Waals surface area contributed by atoms with Gasteiger partial charge in [0.15, 0.2) is 0 Å². The molecule has 1 amide bonds. The molecule has 222 valence electrons. The van der Waals surface area contributed by atoms with Crippen molar-refractivity contribution in [3.63, 3.8) is 0 Å². The molecule has 1 aromatic rings. The predicted molar refractivity (Wildman–Crippen MR) is 156 cm³/mol. The highest BCUT2D eigenvalue weighted by Crippen LogP contribution is 2.67. The molecule has 3 unspecified atom stereocenters. The highest BCUT2D eigenvalue weighted by atomic mass is 16.5. The molecular formula is C34H51NO5. The van der Waals surface area contributed by atoms with Crippen molar-refractivity contribution in [3.8, 4) is 11.5 Å². The van der Waals surface area contributed by atoms with Gasteiger partial charge in [-0.1, -0.05) is 13.8 Å². The summed E-state index contributed by atoms with van der Waals surface area (Å²) in [6, 6.07) is 5.05. The van der Waals surface area contributed by atoms with Crippen molar-refractivity contribution >= 4 is 11.7 Å². The topological polar surface area (TPSA) is 87.1 Å². The molecule has 0 heterocycles. The van der Waals surface area contributed by atoms with Crippen molar-refractivity contribution in [2.24, 2.45) is 40.4 Å². The number of ether oxygens (including phenoxy) is 1. The van der Waals surface area contributed by atoms with Gasteiger partial charge in [0.25, 0.3) is 0 Å². The molecule has 0 radical (unpaired) electrons. The Morgan fingerprint density at radius 1 is 1.05 bits per heavy atom. The predicted octanol–water partition coefficient (Wildman–Crippen LogP) is 6.68. The van der Waals surface area contributed by atoms with Crippen LogP contribution in [0, 0.1) is 40.4 Å². The maximum Gasteiger partial charge on any atom is 0.222 e. The fourth-order valence-corrected chi connectivity index (χ4v) is 9.67. The standard InChI is InChI=1S/C34H51NO5/c1-33-16-14-30-28(10-7-24-20-25(36)13-15-34(24,30)2)29(33)11-8-23(33)9-12-31(38)22-18-26(37)21-27(19-22)40-17-5-6-32(39)35(3)4/h18-19,21,23-24,28-31,37-38H,5-17,20H2,1-4H3/t23?,24?,28-,29-,30+,31?,33+,34-/m0/s1. The molecule has 0 bridgehead atoms. The van der Waals surface area contributed by atoms with E-state index in [0.717, 1.165) is 43.4 Å². The van der Waals surface area contributed by atoms with E-state index >= 15 is 0 Å². The van der Waals surface area contributed by atoms with Gasteiger partial charge in [-0.15, -0.1) is 0 Å². The first-order chi connectivity index (χ1) is 19.0. The SMILES string of the molecule is CN(C)C(=O)CCCOc1cc(O)cc(C(O)CCC2CC[C@H]3[C@@H]4CCC5CC(=O)CC[C@]5(C)[C@@H]4CC[C@]23C)c1. The zero-order valence-corrected chi connectivity index (χ0v) is 25.2. The number of ketones is 1. The van der Waals surface area contributed by atoms with E-state index in [9.17, 15) is 19.8 Å². The van der Waals surface area contributed by atoms with Crippen LogP contribution < -0.4 is 4.74 Å². The Balaban J connectivity index is 1.17. The lowest BCUT2D eigenvalue weighted by molar-refractivity contribution is -0.139. The number of phenolic OH excluding ortho intramolecular Hbond substituents is 1. The number of carbonyl (C=O) groups excluding carboxylic acids is 2. The fourth-order valence-electron chi connectivity index (χ4n) is 9.67. The number of nitrogens with zero attached hydrogens (tertiary/aromatic N) is 1. The minimum Gasteiger partial charge on any atom is -0.508 e. The molecule has 2 N–H and O–H groups in total. The quantitative estimate of drug-likeness (QED) is 0.333. The Morgan fingerprint density at radius 3 is 2.60 bits per heavy atom. The summed E-state index contributed by atoms with van der Waals surface area (Å²) in [6.07, 6.45) is 12.4. The van der Waals surface area contributed by atoms with E-state index in [4.69, 9.17) is 4.74 Å². The highest BCUT2D eigenvalue weighted by Gasteiger charge is 2.59. The van der Waals surface area contributed by atoms with E-state index < -0.39 is 6.10 Å². The van der Waals surface area contributed by atoms with Gasteiger partial charge in [0.05, 0.1) is 12.7 Å². The second-order valence-corrected chi connectivity index (χ2v) is 14.3. The second kappa shape index (κ2) is 11.7. The van der Waals surface area contributed by atoms with E-state index in [1.165, 1.54) is 38.5 Å². The average molecular weight is 554 g/mol. The minimum atomic E-state index is -0.641. The molecule has 8 atom stereocenters. The first-order valence-corrected chi connectivity index (χ1v) is 15.9. The van der Waals surface area contributed by atoms with Crippen LogP contribution in [0.4, 0.5) is 0 Å². The third-order valence-electron chi connectivity index (χ3n) is 12.1. The zero-order valence-electron chi connectivity index (χ0n) is 25.2. The van der Waals surface area contributed by atoms with Crippen molar-refractivity contribution < 1.29 is 24.5 Å². The van der Waals surface area contributed by atoms with Crippen LogP contribution in [-0.4, -0.2) is 47.5 Å². The van der Waals surface area contributed by atoms with Crippen LogP contribution in [0.3, 0.4) is 0 Å². The van der Waals surface area contributed by atoms with Crippen molar-refractivity contribution in [3.05, 3.63) is 23.8 Å². The van der Waals surface area contributed by atoms with Crippen LogP contribution >= 0.6 is 0 Å². The highest BCUT2D eigenvalue weighted by molar-refractivity contribution is 5.79. The van der Waals surface area contributed by atoms with Crippen LogP contribution in [0.1, 0.15) is 109 Å². The van der Waals surface area contributed by atoms with Gasteiger partial charge < -0.3 is 19.8 Å². The van der Waals surface area contributed by atoms with Gasteiger partial charge in [0, 0.05) is 39.4 Å². The summed E-state index contributed by atoms with van der Waals surface area (Å²) in [6.45, 7) is 5.44. The number of hydrogen-bond acceptors (Lipinski definition) is 5. The number of aromatic hydroxyl groups is 1. The molecule has 4 aliphatic rings. The lowest BCUT2D eigenvalue weighted by atomic mass is 9.44. The molecule has 5 rings (SSSR count). The molecule has 0 saturated heterocycles. The normalized spacial score (nSPS) is 35.8. The number of Topliss-reactive ketones (excluding diaryl/α,β-unsaturated/α-hetero) is 1. The summed E-state index contributed by atoms with van der Waals surface area (Å²) < 4.78 is 5.81. The minimum absolute atomic E-state index is 0.0688. The van der Waals surface area contributed by atoms with Crippen molar-refractivity contribution in [2.75, 3.05) is 20.7 Å². The van der Waals surface area contributed by atoms with Crippen LogP contribution in [0.5, 0.6) is 11.5 Å². The van der Waals surface area contributed by atoms with Gasteiger partial charge in [-0.25, -0.2) is 0 Å². The molecule has 0 aromatic heterocycles. The number of aliphatic hydroxyl groups is 1. The van der Waals surface area contributed by atoms with Crippen LogP contribution in [-0.2, 0) is 9.59 Å². The number of fused-ring (bicyclic) bond motifs is 5. The molecule has 1 aromatic carbocycles. The molecule has 4 fully saturated rings. The number of benzene rings is 1. The number of amides is 1. The van der Waals surface area contributed by atoms with Crippen molar-refractivity contribution in [2.45, 2.75) is 103 Å². The monoisotopic (exact) mass is 553 g/mol. The van der Waals surface area contributed by atoms with E-state index in [2.05, 4.69) is 13.8 Å². The maximum atomic E-state index is 12.2. The lowest BCUT2D eigenvalue weighted by Gasteiger charge is -2.60. The smallest absolute Gasteiger partial charge is 0.222 e. The van der Waals surface area contributed by atoms with Gasteiger partial charge in [0.2, 0.25) is 5.91 Å². The zero-order chi connectivity index (χ0) is 28.7. The molecule has 6 heteroatoms. The largest absolute Gasteiger partial charge is 0.508 e. The summed E-state index contributed by atoms with van der Waals surface area (Å²) >= 11 is 0. The lowest BCUT2D eigenvalue weighted by Crippen LogP contribution is -2.53. The Labute approximate surface area is 240 Å². The van der Waals surface area contributed by atoms with E-state index in [0.29, 0.717) is 65.6 Å². The van der Waals surface area contributed by atoms with Gasteiger partial charge in [-0.2, -0.15) is 0 Å². The number of aliphatic hydroxyl groups excluding tert-OH is 1. The molecule has 4 saturated carbocycles. The van der Waals surface area contributed by atoms with Gasteiger partial charge >= 0.3 is 0 Å². The maximum absolute atomic E-state index is 12.2. The first-order valence-electron chi connectivity index (χ1n) is 15.9. The molecule has 40 heavy (non-hydrogen) atoms. The van der Waals surface area contributed by atoms with Gasteiger partial charge in [0.1, 0.15) is 17.3 Å². The number of hydrogen-bond donors (Lipinski definition) is 2. The van der Waals surface area contributed by atoms with Crippen LogP contribution in [0.25, 0.3) is 0 Å². The summed E-state index contributed by atoms with van der Waals surface area (Å²) in [5.74, 6) is 4.74. The number of carbonyl (C=O) groups is 2. The molecular weight excluding hydrogens is 502 g/mol. The Kier molecular flexibility index (Phi) is 8.57. The number of phenols is 1. The molecule has 6 nitrogen and oxygen atoms in total. The number of rotatable bonds is 9. The Hall–Kier alpha value is -2.08.